The number of aromatic nitrogens is 1. The van der Waals surface area contributed by atoms with E-state index >= 15 is 0 Å². The predicted octanol–water partition coefficient (Wildman–Crippen LogP) is 4.64. The number of pyridine rings is 1. The zero-order valence-electron chi connectivity index (χ0n) is 9.23. The maximum atomic E-state index is 10.9. The highest BCUT2D eigenvalue weighted by Crippen LogP contribution is 2.34. The van der Waals surface area contributed by atoms with Gasteiger partial charge >= 0.3 is 5.97 Å². The number of carboxylic acids is 1. The molecule has 0 saturated carbocycles. The Kier molecular flexibility index (Phi) is 4.29. The molecule has 0 aliphatic carbocycles. The van der Waals surface area contributed by atoms with Crippen molar-refractivity contribution >= 4 is 45.1 Å². The Hall–Kier alpha value is -1.30. The second kappa shape index (κ2) is 5.77. The summed E-state index contributed by atoms with van der Waals surface area (Å²) in [6.45, 7) is 0. The first-order valence-electron chi connectivity index (χ1n) is 4.99. The molecule has 0 spiro atoms. The highest BCUT2D eigenvalue weighted by molar-refractivity contribution is 9.10. The van der Waals surface area contributed by atoms with E-state index in [2.05, 4.69) is 20.9 Å². The van der Waals surface area contributed by atoms with Crippen LogP contribution in [0.2, 0.25) is 10.0 Å². The second-order valence-corrected chi connectivity index (χ2v) is 5.16. The zero-order valence-corrected chi connectivity index (χ0v) is 12.3. The molecule has 1 N–H and O–H groups in total. The molecular weight excluding hydrogens is 357 g/mol. The van der Waals surface area contributed by atoms with Gasteiger partial charge in [-0.05, 0) is 24.3 Å². The van der Waals surface area contributed by atoms with Crippen LogP contribution in [-0.2, 0) is 0 Å². The maximum absolute atomic E-state index is 10.9. The standard InChI is InChI=1S/C12H6BrCl2NO3/c13-6-1-2-9(8(14)5-6)19-11-10(15)7(12(17)18)3-4-16-11/h1-5H,(H,17,18). The largest absolute Gasteiger partial charge is 0.478 e. The van der Waals surface area contributed by atoms with Gasteiger partial charge in [-0.1, -0.05) is 39.1 Å². The van der Waals surface area contributed by atoms with E-state index < -0.39 is 5.97 Å². The molecule has 0 radical (unpaired) electrons. The lowest BCUT2D eigenvalue weighted by molar-refractivity contribution is 0.0696. The van der Waals surface area contributed by atoms with Crippen LogP contribution in [0.15, 0.2) is 34.9 Å². The lowest BCUT2D eigenvalue weighted by Gasteiger charge is -2.09. The van der Waals surface area contributed by atoms with Gasteiger partial charge in [0.2, 0.25) is 5.88 Å². The van der Waals surface area contributed by atoms with Crippen LogP contribution in [0, 0.1) is 0 Å². The average molecular weight is 363 g/mol. The molecule has 0 amide bonds. The van der Waals surface area contributed by atoms with Crippen molar-refractivity contribution in [3.05, 3.63) is 50.5 Å². The summed E-state index contributed by atoms with van der Waals surface area (Å²) in [6.07, 6.45) is 1.30. The molecule has 4 nitrogen and oxygen atoms in total. The quantitative estimate of drug-likeness (QED) is 0.863. The Morgan fingerprint density at radius 2 is 2.05 bits per heavy atom. The molecule has 2 aromatic rings. The average Bonchev–Trinajstić information content (AvgIpc) is 2.34. The molecule has 0 unspecified atom stereocenters. The molecule has 98 valence electrons. The number of benzene rings is 1. The highest BCUT2D eigenvalue weighted by atomic mass is 79.9. The Morgan fingerprint density at radius 1 is 1.32 bits per heavy atom. The fourth-order valence-electron chi connectivity index (χ4n) is 1.32. The maximum Gasteiger partial charge on any atom is 0.337 e. The second-order valence-electron chi connectivity index (χ2n) is 3.46. The van der Waals surface area contributed by atoms with Gasteiger partial charge in [0.05, 0.1) is 10.6 Å². The molecule has 0 bridgehead atoms. The summed E-state index contributed by atoms with van der Waals surface area (Å²) in [5.41, 5.74) is -0.0834. The van der Waals surface area contributed by atoms with E-state index in [4.69, 9.17) is 33.0 Å². The SMILES string of the molecule is O=C(O)c1ccnc(Oc2ccc(Br)cc2Cl)c1Cl. The van der Waals surface area contributed by atoms with Gasteiger partial charge in [0, 0.05) is 10.7 Å². The number of hydrogen-bond donors (Lipinski definition) is 1. The van der Waals surface area contributed by atoms with Crippen molar-refractivity contribution in [2.45, 2.75) is 0 Å². The summed E-state index contributed by atoms with van der Waals surface area (Å²) in [5.74, 6) is -0.827. The van der Waals surface area contributed by atoms with Crippen molar-refractivity contribution in [1.82, 2.24) is 4.98 Å². The van der Waals surface area contributed by atoms with Crippen molar-refractivity contribution in [2.75, 3.05) is 0 Å². The molecule has 1 heterocycles. The van der Waals surface area contributed by atoms with Crippen LogP contribution in [0.4, 0.5) is 0 Å². The third-order valence-corrected chi connectivity index (χ3v) is 3.34. The third-order valence-electron chi connectivity index (χ3n) is 2.19. The molecule has 0 aliphatic rings. The minimum atomic E-state index is -1.15. The molecule has 7 heteroatoms. The normalized spacial score (nSPS) is 10.3. The van der Waals surface area contributed by atoms with Crippen molar-refractivity contribution < 1.29 is 14.6 Å². The Balaban J connectivity index is 2.38. The van der Waals surface area contributed by atoms with E-state index in [1.54, 1.807) is 18.2 Å². The summed E-state index contributed by atoms with van der Waals surface area (Å²) in [4.78, 5) is 14.8. The monoisotopic (exact) mass is 361 g/mol. The predicted molar refractivity (Wildman–Crippen MR) is 75.4 cm³/mol. The van der Waals surface area contributed by atoms with E-state index in [-0.39, 0.29) is 16.5 Å². The van der Waals surface area contributed by atoms with E-state index in [1.807, 2.05) is 0 Å². The van der Waals surface area contributed by atoms with E-state index in [0.717, 1.165) is 4.47 Å². The van der Waals surface area contributed by atoms with Gasteiger partial charge in [0.1, 0.15) is 10.8 Å². The summed E-state index contributed by atoms with van der Waals surface area (Å²) in [5, 5.41) is 9.23. The Bertz CT molecular complexity index is 649. The zero-order chi connectivity index (χ0) is 14.0. The fraction of sp³-hybridized carbons (Fsp3) is 0. The molecule has 2 rings (SSSR count). The van der Waals surface area contributed by atoms with E-state index in [1.165, 1.54) is 12.3 Å². The Labute approximate surface area is 127 Å². The number of halogens is 3. The lowest BCUT2D eigenvalue weighted by Crippen LogP contribution is -2.00. The van der Waals surface area contributed by atoms with Crippen molar-refractivity contribution in [1.29, 1.82) is 0 Å². The first-order valence-corrected chi connectivity index (χ1v) is 6.54. The Morgan fingerprint density at radius 3 is 2.68 bits per heavy atom. The van der Waals surface area contributed by atoms with Crippen LogP contribution in [0.3, 0.4) is 0 Å². The summed E-state index contributed by atoms with van der Waals surface area (Å²) in [6, 6.07) is 6.29. The number of rotatable bonds is 3. The summed E-state index contributed by atoms with van der Waals surface area (Å²) < 4.78 is 6.22. The molecule has 0 fully saturated rings. The number of nitrogens with zero attached hydrogens (tertiary/aromatic N) is 1. The van der Waals surface area contributed by atoms with Gasteiger partial charge in [-0.2, -0.15) is 0 Å². The van der Waals surface area contributed by atoms with Gasteiger partial charge in [0.25, 0.3) is 0 Å². The molecule has 19 heavy (non-hydrogen) atoms. The number of carbonyl (C=O) groups is 1. The molecule has 1 aromatic heterocycles. The van der Waals surface area contributed by atoms with Crippen LogP contribution in [0.25, 0.3) is 0 Å². The highest BCUT2D eigenvalue weighted by Gasteiger charge is 2.15. The van der Waals surface area contributed by atoms with Gasteiger partial charge in [0.15, 0.2) is 0 Å². The van der Waals surface area contributed by atoms with Gasteiger partial charge in [-0.25, -0.2) is 9.78 Å². The lowest BCUT2D eigenvalue weighted by atomic mass is 10.2. The van der Waals surface area contributed by atoms with Gasteiger partial charge in [-0.3, -0.25) is 0 Å². The first-order chi connectivity index (χ1) is 8.99. The van der Waals surface area contributed by atoms with Crippen LogP contribution < -0.4 is 4.74 Å². The summed E-state index contributed by atoms with van der Waals surface area (Å²) in [7, 11) is 0. The van der Waals surface area contributed by atoms with E-state index in [9.17, 15) is 4.79 Å². The number of ether oxygens (including phenoxy) is 1. The summed E-state index contributed by atoms with van der Waals surface area (Å²) >= 11 is 15.2. The van der Waals surface area contributed by atoms with Crippen LogP contribution >= 0.6 is 39.1 Å². The van der Waals surface area contributed by atoms with Gasteiger partial charge in [-0.15, -0.1) is 0 Å². The molecular formula is C12H6BrCl2NO3. The third kappa shape index (κ3) is 3.18. The fourth-order valence-corrected chi connectivity index (χ4v) is 2.27. The molecule has 1 aromatic carbocycles. The smallest absolute Gasteiger partial charge is 0.337 e. The minimum absolute atomic E-state index is 0.00853. The number of aromatic carboxylic acids is 1. The van der Waals surface area contributed by atoms with Crippen molar-refractivity contribution in [2.24, 2.45) is 0 Å². The van der Waals surface area contributed by atoms with Crippen molar-refractivity contribution in [3.63, 3.8) is 0 Å². The number of hydrogen-bond acceptors (Lipinski definition) is 3. The van der Waals surface area contributed by atoms with Gasteiger partial charge < -0.3 is 9.84 Å². The van der Waals surface area contributed by atoms with E-state index in [0.29, 0.717) is 10.8 Å². The topological polar surface area (TPSA) is 59.4 Å². The minimum Gasteiger partial charge on any atom is -0.478 e. The van der Waals surface area contributed by atoms with Crippen LogP contribution in [0.5, 0.6) is 11.6 Å². The first kappa shape index (κ1) is 14.1. The molecule has 0 saturated heterocycles. The molecule has 0 atom stereocenters. The molecule has 0 aliphatic heterocycles. The number of carboxylic acid groups (broad SMARTS) is 1. The van der Waals surface area contributed by atoms with Crippen LogP contribution in [0.1, 0.15) is 10.4 Å². The van der Waals surface area contributed by atoms with Crippen molar-refractivity contribution in [3.8, 4) is 11.6 Å². The van der Waals surface area contributed by atoms with Crippen LogP contribution in [-0.4, -0.2) is 16.1 Å².